The van der Waals surface area contributed by atoms with Gasteiger partial charge in [0.1, 0.15) is 5.75 Å². The van der Waals surface area contributed by atoms with Crippen molar-refractivity contribution in [2.24, 2.45) is 5.90 Å². The lowest BCUT2D eigenvalue weighted by Crippen LogP contribution is -2.19. The van der Waals surface area contributed by atoms with Crippen molar-refractivity contribution < 1.29 is 9.94 Å². The Balaban J connectivity index is 2.25. The lowest BCUT2D eigenvalue weighted by atomic mass is 9.94. The normalized spacial score (nSPS) is 17.4. The molecule has 0 heterocycles. The Morgan fingerprint density at radius 3 is 2.65 bits per heavy atom. The molecule has 2 rings (SSSR count). The summed E-state index contributed by atoms with van der Waals surface area (Å²) in [5, 5.41) is 9.82. The Morgan fingerprint density at radius 1 is 1.41 bits per heavy atom. The van der Waals surface area contributed by atoms with E-state index in [9.17, 15) is 5.11 Å². The van der Waals surface area contributed by atoms with Crippen LogP contribution in [-0.2, 0) is 16.8 Å². The van der Waals surface area contributed by atoms with Gasteiger partial charge in [-0.05, 0) is 38.6 Å². The first kappa shape index (κ1) is 12.4. The Morgan fingerprint density at radius 2 is 2.12 bits per heavy atom. The van der Waals surface area contributed by atoms with E-state index in [-0.39, 0.29) is 5.41 Å². The smallest absolute Gasteiger partial charge is 0.120 e. The van der Waals surface area contributed by atoms with Crippen LogP contribution in [0.1, 0.15) is 24.0 Å². The molecule has 0 unspecified atom stereocenters. The fraction of sp³-hybridized carbons (Fsp3) is 0.538. The molecular formula is C13H20N2O2. The van der Waals surface area contributed by atoms with Crippen LogP contribution in [0, 0.1) is 0 Å². The maximum Gasteiger partial charge on any atom is 0.120 e. The zero-order chi connectivity index (χ0) is 12.5. The number of phenolic OH excluding ortho intramolecular Hbond substituents is 1. The van der Waals surface area contributed by atoms with Gasteiger partial charge in [-0.2, -0.15) is 0 Å². The van der Waals surface area contributed by atoms with Gasteiger partial charge in [-0.15, -0.1) is 0 Å². The summed E-state index contributed by atoms with van der Waals surface area (Å²) in [7, 11) is 3.98. The van der Waals surface area contributed by atoms with Crippen molar-refractivity contribution in [1.82, 2.24) is 4.90 Å². The Hall–Kier alpha value is -1.10. The van der Waals surface area contributed by atoms with Crippen molar-refractivity contribution in [2.45, 2.75) is 24.8 Å². The van der Waals surface area contributed by atoms with Crippen LogP contribution in [0.3, 0.4) is 0 Å². The Labute approximate surface area is 102 Å². The van der Waals surface area contributed by atoms with Gasteiger partial charge in [0.25, 0.3) is 0 Å². The van der Waals surface area contributed by atoms with E-state index in [0.717, 1.165) is 24.9 Å². The SMILES string of the molecule is CN(C)Cc1cc(C2(CON)CC2)ccc1O. The van der Waals surface area contributed by atoms with Gasteiger partial charge < -0.3 is 14.8 Å². The molecule has 1 aliphatic rings. The van der Waals surface area contributed by atoms with E-state index in [4.69, 9.17) is 10.7 Å². The van der Waals surface area contributed by atoms with Crippen LogP contribution < -0.4 is 5.90 Å². The van der Waals surface area contributed by atoms with Crippen LogP contribution in [0.25, 0.3) is 0 Å². The number of aromatic hydroxyl groups is 1. The van der Waals surface area contributed by atoms with Crippen molar-refractivity contribution in [3.05, 3.63) is 29.3 Å². The predicted molar refractivity (Wildman–Crippen MR) is 66.5 cm³/mol. The number of benzene rings is 1. The summed E-state index contributed by atoms with van der Waals surface area (Å²) < 4.78 is 0. The second kappa shape index (κ2) is 4.64. The number of phenols is 1. The van der Waals surface area contributed by atoms with Crippen LogP contribution in [0.4, 0.5) is 0 Å². The van der Waals surface area contributed by atoms with E-state index in [1.54, 1.807) is 6.07 Å². The van der Waals surface area contributed by atoms with Crippen LogP contribution in [-0.4, -0.2) is 30.7 Å². The quantitative estimate of drug-likeness (QED) is 0.758. The lowest BCUT2D eigenvalue weighted by molar-refractivity contribution is 0.116. The van der Waals surface area contributed by atoms with E-state index < -0.39 is 0 Å². The van der Waals surface area contributed by atoms with Crippen LogP contribution in [0.2, 0.25) is 0 Å². The van der Waals surface area contributed by atoms with Crippen molar-refractivity contribution in [3.8, 4) is 5.75 Å². The number of hydrogen-bond acceptors (Lipinski definition) is 4. The van der Waals surface area contributed by atoms with Crippen molar-refractivity contribution in [3.63, 3.8) is 0 Å². The van der Waals surface area contributed by atoms with Gasteiger partial charge in [0.2, 0.25) is 0 Å². The summed E-state index contributed by atoms with van der Waals surface area (Å²) in [5.41, 5.74) is 2.26. The summed E-state index contributed by atoms with van der Waals surface area (Å²) in [6.07, 6.45) is 2.22. The summed E-state index contributed by atoms with van der Waals surface area (Å²) in [6.45, 7) is 1.29. The van der Waals surface area contributed by atoms with Gasteiger partial charge in [0.15, 0.2) is 0 Å². The van der Waals surface area contributed by atoms with Gasteiger partial charge in [-0.25, -0.2) is 5.90 Å². The maximum absolute atomic E-state index is 9.82. The zero-order valence-corrected chi connectivity index (χ0v) is 10.4. The van der Waals surface area contributed by atoms with Crippen LogP contribution >= 0.6 is 0 Å². The van der Waals surface area contributed by atoms with Crippen LogP contribution in [0.15, 0.2) is 18.2 Å². The first-order valence-electron chi connectivity index (χ1n) is 5.86. The van der Waals surface area contributed by atoms with E-state index in [0.29, 0.717) is 12.4 Å². The van der Waals surface area contributed by atoms with E-state index in [1.165, 1.54) is 5.56 Å². The molecule has 1 aromatic rings. The standard InChI is InChI=1S/C13H20N2O2/c1-15(2)8-10-7-11(3-4-12(10)16)13(5-6-13)9-17-14/h3-4,7,16H,5-6,8-9,14H2,1-2H3. The molecule has 0 spiro atoms. The summed E-state index contributed by atoms with van der Waals surface area (Å²) in [5.74, 6) is 5.54. The van der Waals surface area contributed by atoms with Gasteiger partial charge in [-0.1, -0.05) is 12.1 Å². The zero-order valence-electron chi connectivity index (χ0n) is 10.4. The predicted octanol–water partition coefficient (Wildman–Crippen LogP) is 1.38. The number of nitrogens with two attached hydrogens (primary N) is 1. The van der Waals surface area contributed by atoms with Gasteiger partial charge in [0, 0.05) is 17.5 Å². The molecule has 3 N–H and O–H groups in total. The van der Waals surface area contributed by atoms with Crippen molar-refractivity contribution in [2.75, 3.05) is 20.7 Å². The van der Waals surface area contributed by atoms with Gasteiger partial charge >= 0.3 is 0 Å². The maximum atomic E-state index is 9.82. The van der Waals surface area contributed by atoms with Gasteiger partial charge in [0.05, 0.1) is 6.61 Å². The third kappa shape index (κ3) is 2.60. The van der Waals surface area contributed by atoms with E-state index in [2.05, 4.69) is 6.07 Å². The molecule has 1 aromatic carbocycles. The lowest BCUT2D eigenvalue weighted by Gasteiger charge is -2.17. The van der Waals surface area contributed by atoms with Crippen LogP contribution in [0.5, 0.6) is 5.75 Å². The van der Waals surface area contributed by atoms with Crippen molar-refractivity contribution in [1.29, 1.82) is 0 Å². The molecule has 0 atom stereocenters. The summed E-state index contributed by atoms with van der Waals surface area (Å²) >= 11 is 0. The summed E-state index contributed by atoms with van der Waals surface area (Å²) in [6, 6.07) is 5.81. The highest BCUT2D eigenvalue weighted by Crippen LogP contribution is 2.48. The molecule has 0 aliphatic heterocycles. The number of nitrogens with zero attached hydrogens (tertiary/aromatic N) is 1. The molecule has 0 amide bonds. The minimum atomic E-state index is 0.0868. The molecular weight excluding hydrogens is 216 g/mol. The molecule has 0 bridgehead atoms. The minimum absolute atomic E-state index is 0.0868. The molecule has 0 radical (unpaired) electrons. The topological polar surface area (TPSA) is 58.7 Å². The first-order chi connectivity index (χ1) is 8.07. The second-order valence-electron chi connectivity index (χ2n) is 5.17. The van der Waals surface area contributed by atoms with Crippen molar-refractivity contribution >= 4 is 0 Å². The number of hydrogen-bond donors (Lipinski definition) is 2. The average molecular weight is 236 g/mol. The van der Waals surface area contributed by atoms with Gasteiger partial charge in [-0.3, -0.25) is 0 Å². The molecule has 4 nitrogen and oxygen atoms in total. The third-order valence-corrected chi connectivity index (χ3v) is 3.39. The highest BCUT2D eigenvalue weighted by molar-refractivity contribution is 5.41. The van der Waals surface area contributed by atoms with E-state index in [1.807, 2.05) is 25.1 Å². The third-order valence-electron chi connectivity index (χ3n) is 3.39. The minimum Gasteiger partial charge on any atom is -0.508 e. The largest absolute Gasteiger partial charge is 0.508 e. The molecule has 94 valence electrons. The Bertz CT molecular complexity index is 400. The molecule has 1 fully saturated rings. The number of rotatable bonds is 5. The summed E-state index contributed by atoms with van der Waals surface area (Å²) in [4.78, 5) is 6.84. The fourth-order valence-corrected chi connectivity index (χ4v) is 2.21. The molecule has 4 heteroatoms. The highest BCUT2D eigenvalue weighted by atomic mass is 16.6. The second-order valence-corrected chi connectivity index (χ2v) is 5.17. The molecule has 1 aliphatic carbocycles. The highest BCUT2D eigenvalue weighted by Gasteiger charge is 2.44. The molecule has 17 heavy (non-hydrogen) atoms. The fourth-order valence-electron chi connectivity index (χ4n) is 2.21. The molecule has 0 aromatic heterocycles. The first-order valence-corrected chi connectivity index (χ1v) is 5.86. The van der Waals surface area contributed by atoms with E-state index >= 15 is 0 Å². The molecule has 1 saturated carbocycles. The Kier molecular flexibility index (Phi) is 3.38. The monoisotopic (exact) mass is 236 g/mol. The average Bonchev–Trinajstić information content (AvgIpc) is 3.02. The molecule has 0 saturated heterocycles.